The highest BCUT2D eigenvalue weighted by molar-refractivity contribution is 14.0. The third-order valence-corrected chi connectivity index (χ3v) is 5.55. The zero-order valence-electron chi connectivity index (χ0n) is 18.4. The monoisotopic (exact) mass is 525 g/mol. The maximum absolute atomic E-state index is 4.77. The summed E-state index contributed by atoms with van der Waals surface area (Å²) in [6.07, 6.45) is 4.94. The quantitative estimate of drug-likeness (QED) is 0.315. The van der Waals surface area contributed by atoms with Crippen molar-refractivity contribution in [2.45, 2.75) is 65.2 Å². The second kappa shape index (κ2) is 12.9. The van der Waals surface area contributed by atoms with Gasteiger partial charge in [-0.3, -0.25) is 9.89 Å². The van der Waals surface area contributed by atoms with Gasteiger partial charge in [-0.25, -0.2) is 0 Å². The molecule has 0 saturated carbocycles. The van der Waals surface area contributed by atoms with Gasteiger partial charge in [0.05, 0.1) is 6.54 Å². The molecule has 2 atom stereocenters. The normalized spacial score (nSPS) is 19.9. The molecule has 0 amide bonds. The second-order valence-electron chi connectivity index (χ2n) is 7.73. The minimum absolute atomic E-state index is 0. The summed E-state index contributed by atoms with van der Waals surface area (Å²) in [5, 5.41) is 15.2. The molecule has 0 bridgehead atoms. The SMILES string of the molecule is CCNC(=NCCn1cnnc1CC)NC1CCN(Cc2ccccc2)C(C)C1.I. The molecule has 1 fully saturated rings. The Morgan fingerprint density at radius 3 is 2.73 bits per heavy atom. The topological polar surface area (TPSA) is 70.4 Å². The number of likely N-dealkylation sites (tertiary alicyclic amines) is 1. The van der Waals surface area contributed by atoms with Gasteiger partial charge in [0.2, 0.25) is 0 Å². The molecular weight excluding hydrogens is 489 g/mol. The molecule has 2 N–H and O–H groups in total. The Bertz CT molecular complexity index is 762. The Morgan fingerprint density at radius 2 is 2.03 bits per heavy atom. The van der Waals surface area contributed by atoms with Gasteiger partial charge in [0.15, 0.2) is 5.96 Å². The number of benzene rings is 1. The first-order valence-corrected chi connectivity index (χ1v) is 10.9. The fourth-order valence-corrected chi connectivity index (χ4v) is 3.93. The summed E-state index contributed by atoms with van der Waals surface area (Å²) in [7, 11) is 0. The molecule has 1 aromatic heterocycles. The number of guanidine groups is 1. The van der Waals surface area contributed by atoms with Crippen LogP contribution in [0.4, 0.5) is 0 Å². The molecule has 2 aromatic rings. The van der Waals surface area contributed by atoms with Crippen LogP contribution in [0.2, 0.25) is 0 Å². The van der Waals surface area contributed by atoms with Crippen molar-refractivity contribution in [1.29, 1.82) is 0 Å². The van der Waals surface area contributed by atoms with Crippen LogP contribution in [0, 0.1) is 0 Å². The van der Waals surface area contributed by atoms with Crippen molar-refractivity contribution < 1.29 is 0 Å². The van der Waals surface area contributed by atoms with E-state index >= 15 is 0 Å². The van der Waals surface area contributed by atoms with Gasteiger partial charge in [-0.2, -0.15) is 0 Å². The lowest BCUT2D eigenvalue weighted by atomic mass is 9.97. The summed E-state index contributed by atoms with van der Waals surface area (Å²) >= 11 is 0. The predicted octanol–water partition coefficient (Wildman–Crippen LogP) is 3.07. The van der Waals surface area contributed by atoms with Gasteiger partial charge >= 0.3 is 0 Å². The number of piperidine rings is 1. The summed E-state index contributed by atoms with van der Waals surface area (Å²) < 4.78 is 2.08. The lowest BCUT2D eigenvalue weighted by Gasteiger charge is -2.38. The Balaban J connectivity index is 0.00000320. The number of aromatic nitrogens is 3. The standard InChI is InChI=1S/C22H35N7.HI/c1-4-21-27-25-17-29(21)14-12-24-22(23-5-2)26-20-11-13-28(18(3)15-20)16-19-9-7-6-8-10-19;/h6-10,17-18,20H,4-5,11-16H2,1-3H3,(H2,23,24,26);1H. The largest absolute Gasteiger partial charge is 0.357 e. The van der Waals surface area contributed by atoms with Crippen LogP contribution in [0.15, 0.2) is 41.7 Å². The van der Waals surface area contributed by atoms with Crippen LogP contribution in [-0.4, -0.2) is 57.3 Å². The van der Waals surface area contributed by atoms with E-state index in [-0.39, 0.29) is 24.0 Å². The highest BCUT2D eigenvalue weighted by Gasteiger charge is 2.25. The van der Waals surface area contributed by atoms with Crippen LogP contribution in [-0.2, 0) is 19.5 Å². The first kappa shape index (κ1) is 24.6. The summed E-state index contributed by atoms with van der Waals surface area (Å²) in [4.78, 5) is 7.35. The number of hydrogen-bond donors (Lipinski definition) is 2. The van der Waals surface area contributed by atoms with Crippen molar-refractivity contribution in [3.63, 3.8) is 0 Å². The Kier molecular flexibility index (Phi) is 10.6. The lowest BCUT2D eigenvalue weighted by Crippen LogP contribution is -2.51. The van der Waals surface area contributed by atoms with Crippen molar-refractivity contribution in [2.75, 3.05) is 19.6 Å². The van der Waals surface area contributed by atoms with Gasteiger partial charge in [0.25, 0.3) is 0 Å². The molecule has 166 valence electrons. The Labute approximate surface area is 197 Å². The van der Waals surface area contributed by atoms with Crippen LogP contribution in [0.1, 0.15) is 45.0 Å². The van der Waals surface area contributed by atoms with Gasteiger partial charge in [0, 0.05) is 44.7 Å². The molecule has 2 heterocycles. The Morgan fingerprint density at radius 1 is 1.23 bits per heavy atom. The van der Waals surface area contributed by atoms with Crippen molar-refractivity contribution in [1.82, 2.24) is 30.3 Å². The highest BCUT2D eigenvalue weighted by atomic mass is 127. The van der Waals surface area contributed by atoms with Gasteiger partial charge < -0.3 is 15.2 Å². The smallest absolute Gasteiger partial charge is 0.191 e. The fraction of sp³-hybridized carbons (Fsp3) is 0.591. The molecule has 3 rings (SSSR count). The van der Waals surface area contributed by atoms with E-state index in [2.05, 4.69) is 81.4 Å². The number of halogens is 1. The van der Waals surface area contributed by atoms with Crippen molar-refractivity contribution in [3.8, 4) is 0 Å². The summed E-state index contributed by atoms with van der Waals surface area (Å²) in [5.74, 6) is 1.92. The average molecular weight is 525 g/mol. The molecule has 8 heteroatoms. The van der Waals surface area contributed by atoms with E-state index in [9.17, 15) is 0 Å². The van der Waals surface area contributed by atoms with Gasteiger partial charge in [-0.15, -0.1) is 34.2 Å². The van der Waals surface area contributed by atoms with E-state index < -0.39 is 0 Å². The van der Waals surface area contributed by atoms with E-state index in [1.165, 1.54) is 5.56 Å². The maximum atomic E-state index is 4.77. The molecule has 0 aliphatic carbocycles. The van der Waals surface area contributed by atoms with E-state index in [4.69, 9.17) is 4.99 Å². The van der Waals surface area contributed by atoms with Crippen molar-refractivity contribution >= 4 is 29.9 Å². The molecule has 2 unspecified atom stereocenters. The summed E-state index contributed by atoms with van der Waals surface area (Å²) in [6.45, 7) is 11.1. The fourth-order valence-electron chi connectivity index (χ4n) is 3.93. The predicted molar refractivity (Wildman–Crippen MR) is 133 cm³/mol. The number of hydrogen-bond acceptors (Lipinski definition) is 4. The Hall–Kier alpha value is -1.68. The number of nitrogens with one attached hydrogen (secondary N) is 2. The first-order chi connectivity index (χ1) is 14.2. The third-order valence-electron chi connectivity index (χ3n) is 5.55. The third kappa shape index (κ3) is 7.23. The van der Waals surface area contributed by atoms with E-state index in [1.807, 2.05) is 0 Å². The minimum atomic E-state index is 0. The van der Waals surface area contributed by atoms with Crippen molar-refractivity contribution in [3.05, 3.63) is 48.0 Å². The minimum Gasteiger partial charge on any atom is -0.357 e. The van der Waals surface area contributed by atoms with Crippen LogP contribution < -0.4 is 10.6 Å². The zero-order valence-corrected chi connectivity index (χ0v) is 20.8. The average Bonchev–Trinajstić information content (AvgIpc) is 3.18. The molecule has 1 aliphatic rings. The molecule has 1 aromatic carbocycles. The number of rotatable bonds is 8. The number of aryl methyl sites for hydroxylation is 1. The summed E-state index contributed by atoms with van der Waals surface area (Å²) in [5.41, 5.74) is 1.39. The zero-order chi connectivity index (χ0) is 20.5. The molecule has 1 saturated heterocycles. The molecule has 30 heavy (non-hydrogen) atoms. The number of aliphatic imine (C=N–C) groups is 1. The molecule has 0 radical (unpaired) electrons. The van der Waals surface area contributed by atoms with Crippen LogP contribution in [0.25, 0.3) is 0 Å². The van der Waals surface area contributed by atoms with Crippen LogP contribution >= 0.6 is 24.0 Å². The number of nitrogens with zero attached hydrogens (tertiary/aromatic N) is 5. The van der Waals surface area contributed by atoms with Crippen LogP contribution in [0.5, 0.6) is 0 Å². The van der Waals surface area contributed by atoms with E-state index in [1.54, 1.807) is 6.33 Å². The van der Waals surface area contributed by atoms with E-state index in [0.29, 0.717) is 18.6 Å². The van der Waals surface area contributed by atoms with Crippen molar-refractivity contribution in [2.24, 2.45) is 4.99 Å². The maximum Gasteiger partial charge on any atom is 0.191 e. The van der Waals surface area contributed by atoms with Crippen LogP contribution in [0.3, 0.4) is 0 Å². The lowest BCUT2D eigenvalue weighted by molar-refractivity contribution is 0.134. The molecular formula is C22H36IN7. The van der Waals surface area contributed by atoms with Gasteiger partial charge in [-0.1, -0.05) is 37.3 Å². The summed E-state index contributed by atoms with van der Waals surface area (Å²) in [6, 6.07) is 11.8. The van der Waals surface area contributed by atoms with E-state index in [0.717, 1.165) is 57.2 Å². The van der Waals surface area contributed by atoms with Gasteiger partial charge in [-0.05, 0) is 32.3 Å². The molecule has 0 spiro atoms. The molecule has 7 nitrogen and oxygen atoms in total. The second-order valence-corrected chi connectivity index (χ2v) is 7.73. The molecule has 1 aliphatic heterocycles. The van der Waals surface area contributed by atoms with Gasteiger partial charge in [0.1, 0.15) is 12.2 Å². The first-order valence-electron chi connectivity index (χ1n) is 10.9. The highest BCUT2D eigenvalue weighted by Crippen LogP contribution is 2.19.